The summed E-state index contributed by atoms with van der Waals surface area (Å²) in [7, 11) is 0. The van der Waals surface area contributed by atoms with E-state index >= 15 is 0 Å². The van der Waals surface area contributed by atoms with Crippen LogP contribution in [0.5, 0.6) is 0 Å². The van der Waals surface area contributed by atoms with Crippen molar-refractivity contribution in [1.29, 1.82) is 0 Å². The third kappa shape index (κ3) is 2.93. The lowest BCUT2D eigenvalue weighted by Crippen LogP contribution is -2.64. The molecule has 0 aromatic heterocycles. The zero-order valence-corrected chi connectivity index (χ0v) is 13.8. The van der Waals surface area contributed by atoms with E-state index in [9.17, 15) is 41.0 Å². The van der Waals surface area contributed by atoms with Gasteiger partial charge in [0.1, 0.15) is 6.10 Å². The van der Waals surface area contributed by atoms with Crippen molar-refractivity contribution in [2.24, 2.45) is 0 Å². The van der Waals surface area contributed by atoms with Crippen LogP contribution in [0.15, 0.2) is 0 Å². The fraction of sp³-hybridized carbons (Fsp3) is 0.867. The second-order valence-electron chi connectivity index (χ2n) is 7.92. The minimum Gasteiger partial charge on any atom is -0.384 e. The Labute approximate surface area is 144 Å². The lowest BCUT2D eigenvalue weighted by molar-refractivity contribution is -0.159. The summed E-state index contributed by atoms with van der Waals surface area (Å²) in [5.41, 5.74) is -3.64. The molecule has 2 aliphatic carbocycles. The number of aliphatic hydroxyl groups excluding tert-OH is 1. The van der Waals surface area contributed by atoms with E-state index in [-0.39, 0.29) is 4.90 Å². The maximum Gasteiger partial charge on any atom is 0.312 e. The van der Waals surface area contributed by atoms with Crippen molar-refractivity contribution in [1.82, 2.24) is 10.2 Å². The van der Waals surface area contributed by atoms with Crippen LogP contribution in [-0.4, -0.2) is 63.3 Å². The summed E-state index contributed by atoms with van der Waals surface area (Å²) in [6.45, 7) is -0.119. The van der Waals surface area contributed by atoms with Gasteiger partial charge in [-0.1, -0.05) is 0 Å². The number of aliphatic hydroxyl groups is 1. The number of alkyl halides is 6. The van der Waals surface area contributed by atoms with E-state index in [4.69, 9.17) is 0 Å². The average Bonchev–Trinajstić information content (AvgIpc) is 2.85. The van der Waals surface area contributed by atoms with Gasteiger partial charge in [0, 0.05) is 31.2 Å². The number of nitrogens with one attached hydrogen (secondary N) is 1. The summed E-state index contributed by atoms with van der Waals surface area (Å²) < 4.78 is 81.2. The number of hydrogen-bond acceptors (Lipinski definition) is 3. The number of rotatable bonds is 1. The van der Waals surface area contributed by atoms with E-state index < -0.39 is 85.4 Å². The third-order valence-electron chi connectivity index (χ3n) is 5.46. The lowest BCUT2D eigenvalue weighted by Gasteiger charge is -2.45. The van der Waals surface area contributed by atoms with Crippen LogP contribution < -0.4 is 5.32 Å². The molecule has 0 unspecified atom stereocenters. The minimum absolute atomic E-state index is 0.286. The van der Waals surface area contributed by atoms with Gasteiger partial charge in [-0.3, -0.25) is 9.59 Å². The molecule has 0 aromatic carbocycles. The van der Waals surface area contributed by atoms with E-state index in [1.165, 1.54) is 6.92 Å². The van der Waals surface area contributed by atoms with Gasteiger partial charge in [0.05, 0.1) is 12.1 Å². The van der Waals surface area contributed by atoms with E-state index in [0.717, 1.165) is 0 Å². The molecule has 11 heteroatoms. The summed E-state index contributed by atoms with van der Waals surface area (Å²) in [6, 6.07) is 0. The summed E-state index contributed by atoms with van der Waals surface area (Å²) in [5, 5.41) is 12.0. The van der Waals surface area contributed by atoms with Gasteiger partial charge in [-0.2, -0.15) is 0 Å². The maximum atomic E-state index is 14.0. The van der Waals surface area contributed by atoms with Gasteiger partial charge >= 0.3 is 11.8 Å². The molecule has 2 atom stereocenters. The summed E-state index contributed by atoms with van der Waals surface area (Å²) in [4.78, 5) is 24.8. The Morgan fingerprint density at radius 3 is 2.04 bits per heavy atom. The highest BCUT2D eigenvalue weighted by Crippen LogP contribution is 2.54. The molecule has 0 aromatic rings. The first kappa shape index (κ1) is 19.2. The van der Waals surface area contributed by atoms with Gasteiger partial charge in [0.25, 0.3) is 17.8 Å². The first-order chi connectivity index (χ1) is 11.6. The molecule has 1 spiro atoms. The highest BCUT2D eigenvalue weighted by Gasteiger charge is 2.70. The van der Waals surface area contributed by atoms with Gasteiger partial charge in [-0.05, 0) is 13.3 Å². The topological polar surface area (TPSA) is 69.6 Å². The molecule has 2 N–H and O–H groups in total. The Morgan fingerprint density at radius 1 is 1.00 bits per heavy atom. The van der Waals surface area contributed by atoms with Crippen LogP contribution in [0.1, 0.15) is 39.0 Å². The van der Waals surface area contributed by atoms with E-state index in [2.05, 4.69) is 5.32 Å². The quantitative estimate of drug-likeness (QED) is 0.531. The predicted molar refractivity (Wildman–Crippen MR) is 74.9 cm³/mol. The highest BCUT2D eigenvalue weighted by molar-refractivity contribution is 6.35. The van der Waals surface area contributed by atoms with Crippen molar-refractivity contribution in [3.8, 4) is 0 Å². The fourth-order valence-corrected chi connectivity index (χ4v) is 4.39. The van der Waals surface area contributed by atoms with Gasteiger partial charge in [0.2, 0.25) is 0 Å². The van der Waals surface area contributed by atoms with Gasteiger partial charge in [-0.25, -0.2) is 26.3 Å². The third-order valence-corrected chi connectivity index (χ3v) is 5.46. The molecule has 0 radical (unpaired) electrons. The number of carbonyl (C=O) groups excluding carboxylic acids is 2. The molecule has 1 aliphatic heterocycles. The molecule has 3 aliphatic rings. The molecule has 1 saturated heterocycles. The molecule has 5 nitrogen and oxygen atoms in total. The van der Waals surface area contributed by atoms with Gasteiger partial charge < -0.3 is 15.3 Å². The van der Waals surface area contributed by atoms with Crippen LogP contribution in [0.2, 0.25) is 0 Å². The minimum atomic E-state index is -3.86. The van der Waals surface area contributed by atoms with Crippen LogP contribution in [0.25, 0.3) is 0 Å². The lowest BCUT2D eigenvalue weighted by atomic mass is 9.75. The second-order valence-corrected chi connectivity index (χ2v) is 7.92. The Balaban J connectivity index is 1.80. The maximum absolute atomic E-state index is 14.0. The van der Waals surface area contributed by atoms with Crippen LogP contribution >= 0.6 is 0 Å². The van der Waals surface area contributed by atoms with Gasteiger partial charge in [0.15, 0.2) is 0 Å². The molecule has 2 saturated carbocycles. The normalized spacial score (nSPS) is 36.0. The Bertz CT molecular complexity index is 647. The summed E-state index contributed by atoms with van der Waals surface area (Å²) >= 11 is 0. The average molecular weight is 388 g/mol. The molecular formula is C15H18F6N2O3. The van der Waals surface area contributed by atoms with E-state index in [1.54, 1.807) is 0 Å². The SMILES string of the molecule is CC1(NC(=O)C(=O)N2CC(F)(F)[C@H](O)[C@@]23CCC(F)(F)C3)CC(F)(F)C1. The summed E-state index contributed by atoms with van der Waals surface area (Å²) in [5.74, 6) is -13.2. The predicted octanol–water partition coefficient (Wildman–Crippen LogP) is 1.69. The number of halogens is 6. The van der Waals surface area contributed by atoms with Gasteiger partial charge in [-0.15, -0.1) is 0 Å². The highest BCUT2D eigenvalue weighted by atomic mass is 19.3. The molecule has 2 amide bonds. The monoisotopic (exact) mass is 388 g/mol. The van der Waals surface area contributed by atoms with Crippen molar-refractivity contribution < 1.29 is 41.0 Å². The number of amides is 2. The number of hydrogen-bond donors (Lipinski definition) is 2. The number of nitrogens with zero attached hydrogens (tertiary/aromatic N) is 1. The largest absolute Gasteiger partial charge is 0.384 e. The molecule has 3 fully saturated rings. The first-order valence-corrected chi connectivity index (χ1v) is 8.07. The molecular weight excluding hydrogens is 370 g/mol. The molecule has 148 valence electrons. The van der Waals surface area contributed by atoms with Crippen molar-refractivity contribution in [2.75, 3.05) is 6.54 Å². The van der Waals surface area contributed by atoms with Crippen LogP contribution in [0.4, 0.5) is 26.3 Å². The Hall–Kier alpha value is -1.52. The standard InChI is InChI=1S/C15H18F6N2O3/c1-11(4-14(18,19)5-11)22-8(24)9(25)23-7-15(20,21)10(26)12(23)2-3-13(16,17)6-12/h10,26H,2-7H2,1H3,(H,22,24)/t10-,12+/m1/s1. The Morgan fingerprint density at radius 2 is 1.58 bits per heavy atom. The molecule has 0 bridgehead atoms. The summed E-state index contributed by atoms with van der Waals surface area (Å²) in [6.07, 6.45) is -6.57. The zero-order valence-electron chi connectivity index (χ0n) is 13.8. The van der Waals surface area contributed by atoms with E-state index in [0.29, 0.717) is 0 Å². The second kappa shape index (κ2) is 5.26. The van der Waals surface area contributed by atoms with Crippen molar-refractivity contribution >= 4 is 11.8 Å². The fourth-order valence-electron chi connectivity index (χ4n) is 4.39. The molecule has 3 rings (SSSR count). The van der Waals surface area contributed by atoms with Crippen LogP contribution in [0, 0.1) is 0 Å². The number of carbonyl (C=O) groups is 2. The first-order valence-electron chi connectivity index (χ1n) is 8.07. The van der Waals surface area contributed by atoms with Crippen molar-refractivity contribution in [3.63, 3.8) is 0 Å². The van der Waals surface area contributed by atoms with Crippen LogP contribution in [-0.2, 0) is 9.59 Å². The Kier molecular flexibility index (Phi) is 3.90. The van der Waals surface area contributed by atoms with Crippen molar-refractivity contribution in [3.05, 3.63) is 0 Å². The zero-order chi connectivity index (χ0) is 19.8. The smallest absolute Gasteiger partial charge is 0.312 e. The van der Waals surface area contributed by atoms with Crippen LogP contribution in [0.3, 0.4) is 0 Å². The number of likely N-dealkylation sites (tertiary alicyclic amines) is 1. The molecule has 26 heavy (non-hydrogen) atoms. The molecule has 1 heterocycles. The van der Waals surface area contributed by atoms with Crippen molar-refractivity contribution in [2.45, 2.75) is 74.0 Å². The van der Waals surface area contributed by atoms with E-state index in [1.807, 2.05) is 0 Å².